The van der Waals surface area contributed by atoms with Gasteiger partial charge in [-0.2, -0.15) is 0 Å². The van der Waals surface area contributed by atoms with Crippen LogP contribution in [0.2, 0.25) is 0 Å². The number of rotatable bonds is 7. The molecule has 0 bridgehead atoms. The van der Waals surface area contributed by atoms with Gasteiger partial charge in [0.25, 0.3) is 0 Å². The average molecular weight is 259 g/mol. The van der Waals surface area contributed by atoms with E-state index in [-0.39, 0.29) is 31.2 Å². The van der Waals surface area contributed by atoms with E-state index >= 15 is 0 Å². The SMILES string of the molecule is CNC(=O)CCNC(=O)NC(CC(=O)O)C(C)C. The lowest BCUT2D eigenvalue weighted by atomic mass is 10.0. The second kappa shape index (κ2) is 8.32. The zero-order valence-electron chi connectivity index (χ0n) is 10.9. The highest BCUT2D eigenvalue weighted by atomic mass is 16.4. The Morgan fingerprint density at radius 2 is 1.83 bits per heavy atom. The number of urea groups is 1. The number of carboxylic acids is 1. The molecule has 0 aliphatic rings. The van der Waals surface area contributed by atoms with Gasteiger partial charge in [0.1, 0.15) is 0 Å². The third kappa shape index (κ3) is 7.48. The molecule has 104 valence electrons. The number of aliphatic carboxylic acids is 1. The van der Waals surface area contributed by atoms with Crippen LogP contribution in [0.15, 0.2) is 0 Å². The molecule has 0 aliphatic carbocycles. The lowest BCUT2D eigenvalue weighted by molar-refractivity contribution is -0.137. The van der Waals surface area contributed by atoms with Crippen LogP contribution in [0, 0.1) is 5.92 Å². The second-order valence-electron chi connectivity index (χ2n) is 4.27. The Bertz CT molecular complexity index is 305. The monoisotopic (exact) mass is 259 g/mol. The van der Waals surface area contributed by atoms with Crippen molar-refractivity contribution in [2.75, 3.05) is 13.6 Å². The van der Waals surface area contributed by atoms with Gasteiger partial charge in [-0.05, 0) is 5.92 Å². The molecular weight excluding hydrogens is 238 g/mol. The molecular formula is C11H21N3O4. The number of carbonyl (C=O) groups is 3. The molecule has 4 N–H and O–H groups in total. The maximum atomic E-state index is 11.5. The van der Waals surface area contributed by atoms with E-state index in [9.17, 15) is 14.4 Å². The van der Waals surface area contributed by atoms with Gasteiger partial charge in [0, 0.05) is 26.1 Å². The van der Waals surface area contributed by atoms with Crippen LogP contribution in [-0.4, -0.2) is 42.6 Å². The van der Waals surface area contributed by atoms with Crippen molar-refractivity contribution in [1.82, 2.24) is 16.0 Å². The number of carbonyl (C=O) groups excluding carboxylic acids is 2. The van der Waals surface area contributed by atoms with Crippen LogP contribution in [0.1, 0.15) is 26.7 Å². The van der Waals surface area contributed by atoms with E-state index in [1.54, 1.807) is 0 Å². The molecule has 0 spiro atoms. The molecule has 7 heteroatoms. The normalized spacial score (nSPS) is 11.8. The van der Waals surface area contributed by atoms with Gasteiger partial charge in [0.15, 0.2) is 0 Å². The average Bonchev–Trinajstić information content (AvgIpc) is 2.27. The van der Waals surface area contributed by atoms with Gasteiger partial charge in [0.2, 0.25) is 5.91 Å². The highest BCUT2D eigenvalue weighted by molar-refractivity contribution is 5.78. The lowest BCUT2D eigenvalue weighted by Crippen LogP contribution is -2.46. The summed E-state index contributed by atoms with van der Waals surface area (Å²) in [5, 5.41) is 16.2. The first-order valence-corrected chi connectivity index (χ1v) is 5.83. The number of carboxylic acid groups (broad SMARTS) is 1. The fraction of sp³-hybridized carbons (Fsp3) is 0.727. The Kier molecular flexibility index (Phi) is 7.50. The molecule has 0 saturated heterocycles. The number of nitrogens with one attached hydrogen (secondary N) is 3. The summed E-state index contributed by atoms with van der Waals surface area (Å²) in [4.78, 5) is 33.0. The van der Waals surface area contributed by atoms with E-state index in [0.717, 1.165) is 0 Å². The summed E-state index contributed by atoms with van der Waals surface area (Å²) in [7, 11) is 1.52. The molecule has 0 aliphatic heterocycles. The van der Waals surface area contributed by atoms with Crippen LogP contribution in [0.25, 0.3) is 0 Å². The van der Waals surface area contributed by atoms with E-state index in [1.165, 1.54) is 7.05 Å². The summed E-state index contributed by atoms with van der Waals surface area (Å²) in [6.45, 7) is 3.88. The topological polar surface area (TPSA) is 108 Å². The minimum absolute atomic E-state index is 0.0193. The number of hydrogen-bond donors (Lipinski definition) is 4. The van der Waals surface area contributed by atoms with Crippen molar-refractivity contribution in [3.8, 4) is 0 Å². The van der Waals surface area contributed by atoms with Crippen LogP contribution in [-0.2, 0) is 9.59 Å². The van der Waals surface area contributed by atoms with Crippen LogP contribution in [0.3, 0.4) is 0 Å². The van der Waals surface area contributed by atoms with Gasteiger partial charge in [-0.15, -0.1) is 0 Å². The van der Waals surface area contributed by atoms with Gasteiger partial charge in [0.05, 0.1) is 6.42 Å². The second-order valence-corrected chi connectivity index (χ2v) is 4.27. The highest BCUT2D eigenvalue weighted by Crippen LogP contribution is 2.05. The largest absolute Gasteiger partial charge is 0.481 e. The summed E-state index contributed by atoms with van der Waals surface area (Å²) in [5.74, 6) is -1.11. The molecule has 0 saturated carbocycles. The third-order valence-electron chi connectivity index (χ3n) is 2.43. The molecule has 0 fully saturated rings. The van der Waals surface area contributed by atoms with Crippen LogP contribution in [0.5, 0.6) is 0 Å². The summed E-state index contributed by atoms with van der Waals surface area (Å²) in [5.41, 5.74) is 0. The summed E-state index contributed by atoms with van der Waals surface area (Å²) >= 11 is 0. The summed E-state index contributed by atoms with van der Waals surface area (Å²) in [6.07, 6.45) is 0.0652. The smallest absolute Gasteiger partial charge is 0.315 e. The van der Waals surface area contributed by atoms with E-state index in [2.05, 4.69) is 16.0 Å². The first-order chi connectivity index (χ1) is 8.36. The van der Waals surface area contributed by atoms with E-state index in [4.69, 9.17) is 5.11 Å². The fourth-order valence-electron chi connectivity index (χ4n) is 1.28. The highest BCUT2D eigenvalue weighted by Gasteiger charge is 2.19. The molecule has 0 rings (SSSR count). The van der Waals surface area contributed by atoms with Gasteiger partial charge in [-0.25, -0.2) is 4.79 Å². The Labute approximate surface area is 106 Å². The van der Waals surface area contributed by atoms with E-state index < -0.39 is 18.0 Å². The minimum Gasteiger partial charge on any atom is -0.481 e. The molecule has 0 aromatic rings. The minimum atomic E-state index is -0.959. The first-order valence-electron chi connectivity index (χ1n) is 5.83. The van der Waals surface area contributed by atoms with Crippen LogP contribution in [0.4, 0.5) is 4.79 Å². The third-order valence-corrected chi connectivity index (χ3v) is 2.43. The van der Waals surface area contributed by atoms with E-state index in [0.29, 0.717) is 0 Å². The molecule has 0 radical (unpaired) electrons. The van der Waals surface area contributed by atoms with Gasteiger partial charge in [-0.3, -0.25) is 9.59 Å². The number of hydrogen-bond acceptors (Lipinski definition) is 3. The molecule has 0 heterocycles. The van der Waals surface area contributed by atoms with Crippen LogP contribution >= 0.6 is 0 Å². The van der Waals surface area contributed by atoms with Gasteiger partial charge < -0.3 is 21.1 Å². The first kappa shape index (κ1) is 16.2. The molecule has 1 atom stereocenters. The van der Waals surface area contributed by atoms with Crippen molar-refractivity contribution in [1.29, 1.82) is 0 Å². The van der Waals surface area contributed by atoms with Crippen molar-refractivity contribution in [2.45, 2.75) is 32.7 Å². The van der Waals surface area contributed by atoms with Crippen molar-refractivity contribution in [2.24, 2.45) is 5.92 Å². The Balaban J connectivity index is 4.02. The number of amides is 3. The van der Waals surface area contributed by atoms with Gasteiger partial charge in [-0.1, -0.05) is 13.8 Å². The Hall–Kier alpha value is -1.79. The van der Waals surface area contributed by atoms with Crippen molar-refractivity contribution in [3.05, 3.63) is 0 Å². The zero-order valence-corrected chi connectivity index (χ0v) is 10.9. The molecule has 1 unspecified atom stereocenters. The predicted molar refractivity (Wildman–Crippen MR) is 66.1 cm³/mol. The Morgan fingerprint density at radius 1 is 1.22 bits per heavy atom. The molecule has 0 aromatic carbocycles. The maximum Gasteiger partial charge on any atom is 0.315 e. The molecule has 0 aromatic heterocycles. The quantitative estimate of drug-likeness (QED) is 0.513. The van der Waals surface area contributed by atoms with Crippen molar-refractivity contribution >= 4 is 17.9 Å². The standard InChI is InChI=1S/C11H21N3O4/c1-7(2)8(6-10(16)17)14-11(18)13-5-4-9(15)12-3/h7-8H,4-6H2,1-3H3,(H,12,15)(H,16,17)(H2,13,14,18). The maximum absolute atomic E-state index is 11.5. The molecule has 3 amide bonds. The molecule has 18 heavy (non-hydrogen) atoms. The van der Waals surface area contributed by atoms with Crippen molar-refractivity contribution in [3.63, 3.8) is 0 Å². The zero-order chi connectivity index (χ0) is 14.1. The predicted octanol–water partition coefficient (Wildman–Crippen LogP) is -0.0790. The van der Waals surface area contributed by atoms with E-state index in [1.807, 2.05) is 13.8 Å². The fourth-order valence-corrected chi connectivity index (χ4v) is 1.28. The Morgan fingerprint density at radius 3 is 2.28 bits per heavy atom. The summed E-state index contributed by atoms with van der Waals surface area (Å²) < 4.78 is 0. The molecule has 7 nitrogen and oxygen atoms in total. The summed E-state index contributed by atoms with van der Waals surface area (Å²) in [6, 6.07) is -0.888. The van der Waals surface area contributed by atoms with Crippen LogP contribution < -0.4 is 16.0 Å². The lowest BCUT2D eigenvalue weighted by Gasteiger charge is -2.20. The van der Waals surface area contributed by atoms with Crippen molar-refractivity contribution < 1.29 is 19.5 Å². The van der Waals surface area contributed by atoms with Gasteiger partial charge >= 0.3 is 12.0 Å².